The first-order valence-electron chi connectivity index (χ1n) is 46.4. The van der Waals surface area contributed by atoms with Crippen LogP contribution in [0.1, 0.15) is 479 Å². The molecule has 3 unspecified atom stereocenters. The predicted molar refractivity (Wildman–Crippen MR) is 451 cm³/mol. The van der Waals surface area contributed by atoms with Crippen LogP contribution >= 0.6 is 15.6 Å². The fraction of sp³-hybridized carbons (Fsp3) is 0.956. The van der Waals surface area contributed by atoms with Crippen LogP contribution < -0.4 is 0 Å². The Morgan fingerprint density at radius 2 is 0.468 bits per heavy atom. The molecular weight excluding hydrogens is 1410 g/mol. The smallest absolute Gasteiger partial charge is 0.462 e. The molecule has 0 amide bonds. The van der Waals surface area contributed by atoms with Crippen LogP contribution in [-0.2, 0) is 65.4 Å². The molecule has 0 heterocycles. The molecule has 0 saturated carbocycles. The Kier molecular flexibility index (Phi) is 78.5. The van der Waals surface area contributed by atoms with E-state index in [4.69, 9.17) is 37.0 Å². The zero-order valence-electron chi connectivity index (χ0n) is 72.0. The zero-order chi connectivity index (χ0) is 80.0. The van der Waals surface area contributed by atoms with Crippen molar-refractivity contribution in [2.75, 3.05) is 39.6 Å². The summed E-state index contributed by atoms with van der Waals surface area (Å²) in [5, 5.41) is 10.7. The number of esters is 4. The van der Waals surface area contributed by atoms with E-state index < -0.39 is 97.5 Å². The predicted octanol–water partition coefficient (Wildman–Crippen LogP) is 27.6. The summed E-state index contributed by atoms with van der Waals surface area (Å²) in [4.78, 5) is 73.4. The molecule has 109 heavy (non-hydrogen) atoms. The van der Waals surface area contributed by atoms with Gasteiger partial charge in [-0.05, 0) is 43.4 Å². The first-order chi connectivity index (χ1) is 52.8. The number of carbonyl (C=O) groups is 4. The van der Waals surface area contributed by atoms with Gasteiger partial charge in [0.25, 0.3) is 0 Å². The van der Waals surface area contributed by atoms with E-state index in [1.165, 1.54) is 289 Å². The van der Waals surface area contributed by atoms with E-state index in [1.807, 2.05) is 0 Å². The molecule has 0 aliphatic carbocycles. The van der Waals surface area contributed by atoms with Crippen molar-refractivity contribution in [2.24, 2.45) is 17.8 Å². The maximum absolute atomic E-state index is 13.2. The lowest BCUT2D eigenvalue weighted by molar-refractivity contribution is -0.161. The molecule has 0 aliphatic rings. The van der Waals surface area contributed by atoms with Crippen LogP contribution in [0.25, 0.3) is 0 Å². The molecule has 648 valence electrons. The molecule has 0 rings (SSSR count). The van der Waals surface area contributed by atoms with Gasteiger partial charge in [-0.2, -0.15) is 0 Å². The SMILES string of the molecule is CCCCCCCCCCCCCCCCCCCCCCC(=O)O[C@H](COC(=O)CCCCCCCCCCCCCCCCCCC(C)C)COP(=O)(O)OC[C@@H](O)COP(=O)(O)OC[C@@H](COC(=O)CCCCCCCCCCC(C)CC)OC(=O)CCCCCCCCCCCCCCCCCC(C)C. The van der Waals surface area contributed by atoms with E-state index in [2.05, 4.69) is 48.5 Å². The van der Waals surface area contributed by atoms with Crippen molar-refractivity contribution in [3.8, 4) is 0 Å². The highest BCUT2D eigenvalue weighted by Gasteiger charge is 2.31. The van der Waals surface area contributed by atoms with Crippen molar-refractivity contribution < 1.29 is 80.2 Å². The van der Waals surface area contributed by atoms with Crippen LogP contribution in [0.4, 0.5) is 0 Å². The Bertz CT molecular complexity index is 2100. The molecule has 0 saturated heterocycles. The number of aliphatic hydroxyl groups excluding tert-OH is 1. The molecule has 0 aromatic carbocycles. The van der Waals surface area contributed by atoms with Crippen LogP contribution in [0.15, 0.2) is 0 Å². The second-order valence-electron chi connectivity index (χ2n) is 33.5. The number of phosphoric acid groups is 2. The van der Waals surface area contributed by atoms with E-state index in [0.717, 1.165) is 108 Å². The number of ether oxygens (including phenoxy) is 4. The van der Waals surface area contributed by atoms with Crippen molar-refractivity contribution in [1.82, 2.24) is 0 Å². The minimum absolute atomic E-state index is 0.107. The van der Waals surface area contributed by atoms with Gasteiger partial charge >= 0.3 is 39.5 Å². The van der Waals surface area contributed by atoms with Gasteiger partial charge in [0.15, 0.2) is 12.2 Å². The molecule has 19 heteroatoms. The van der Waals surface area contributed by atoms with E-state index >= 15 is 0 Å². The lowest BCUT2D eigenvalue weighted by Crippen LogP contribution is -2.30. The molecule has 0 radical (unpaired) electrons. The molecule has 0 bridgehead atoms. The van der Waals surface area contributed by atoms with Gasteiger partial charge in [-0.1, -0.05) is 427 Å². The summed E-state index contributed by atoms with van der Waals surface area (Å²) in [5.41, 5.74) is 0. The van der Waals surface area contributed by atoms with Crippen LogP contribution in [0.5, 0.6) is 0 Å². The largest absolute Gasteiger partial charge is 0.472 e. The Morgan fingerprint density at radius 3 is 0.697 bits per heavy atom. The standard InChI is InChI=1S/C90H176O17P2/c1-8-10-11-12-13-14-15-16-17-18-19-20-21-28-33-38-43-52-59-66-73-89(94)106-85(77-100-87(92)71-64-57-50-42-37-32-27-23-22-25-30-35-40-47-54-61-68-81(3)4)79-104-108(96,97)102-75-84(91)76-103-109(98,99)105-80-86(78-101-88(93)72-65-58-51-46-45-49-56-63-70-83(7)9-2)107-90(95)74-67-60-53-44-39-34-29-24-26-31-36-41-48-55-62-69-82(5)6/h81-86,91H,8-80H2,1-7H3,(H,96,97)(H,98,99)/t83?,84-,85-,86-/m1/s1. The number of hydrogen-bond donors (Lipinski definition) is 3. The van der Waals surface area contributed by atoms with Crippen molar-refractivity contribution in [1.29, 1.82) is 0 Å². The fourth-order valence-electron chi connectivity index (χ4n) is 14.0. The second kappa shape index (κ2) is 79.9. The summed E-state index contributed by atoms with van der Waals surface area (Å²) < 4.78 is 69.1. The van der Waals surface area contributed by atoms with Gasteiger partial charge in [-0.25, -0.2) is 9.13 Å². The second-order valence-corrected chi connectivity index (χ2v) is 36.4. The number of hydrogen-bond acceptors (Lipinski definition) is 15. The highest BCUT2D eigenvalue weighted by Crippen LogP contribution is 2.45. The summed E-state index contributed by atoms with van der Waals surface area (Å²) in [6.07, 6.45) is 72.2. The topological polar surface area (TPSA) is 237 Å². The van der Waals surface area contributed by atoms with Crippen LogP contribution in [0.3, 0.4) is 0 Å². The minimum Gasteiger partial charge on any atom is -0.462 e. The molecule has 3 N–H and O–H groups in total. The third-order valence-electron chi connectivity index (χ3n) is 21.5. The van der Waals surface area contributed by atoms with Crippen LogP contribution in [0, 0.1) is 17.8 Å². The van der Waals surface area contributed by atoms with Gasteiger partial charge in [0, 0.05) is 25.7 Å². The quantitative estimate of drug-likeness (QED) is 0.0222. The molecule has 0 fully saturated rings. The average Bonchev–Trinajstić information content (AvgIpc) is 0.902. The number of carbonyl (C=O) groups excluding carboxylic acids is 4. The Hall–Kier alpha value is -1.94. The molecule has 17 nitrogen and oxygen atoms in total. The van der Waals surface area contributed by atoms with Crippen molar-refractivity contribution in [3.05, 3.63) is 0 Å². The summed E-state index contributed by atoms with van der Waals surface area (Å²) in [6.45, 7) is 12.1. The maximum Gasteiger partial charge on any atom is 0.472 e. The summed E-state index contributed by atoms with van der Waals surface area (Å²) in [6, 6.07) is 0. The van der Waals surface area contributed by atoms with Gasteiger partial charge in [-0.15, -0.1) is 0 Å². The third kappa shape index (κ3) is 82.4. The van der Waals surface area contributed by atoms with Gasteiger partial charge in [0.1, 0.15) is 19.3 Å². The van der Waals surface area contributed by atoms with E-state index in [0.29, 0.717) is 25.7 Å². The fourth-order valence-corrected chi connectivity index (χ4v) is 15.6. The highest BCUT2D eigenvalue weighted by atomic mass is 31.2. The van der Waals surface area contributed by atoms with E-state index in [1.54, 1.807) is 0 Å². The number of rotatable bonds is 88. The lowest BCUT2D eigenvalue weighted by atomic mass is 9.99. The Morgan fingerprint density at radius 1 is 0.266 bits per heavy atom. The maximum atomic E-state index is 13.2. The lowest BCUT2D eigenvalue weighted by Gasteiger charge is -2.21. The monoisotopic (exact) mass is 1590 g/mol. The van der Waals surface area contributed by atoms with Crippen molar-refractivity contribution in [2.45, 2.75) is 497 Å². The molecular formula is C90H176O17P2. The normalized spacial score (nSPS) is 14.1. The van der Waals surface area contributed by atoms with Crippen molar-refractivity contribution >= 4 is 39.5 Å². The van der Waals surface area contributed by atoms with Crippen molar-refractivity contribution in [3.63, 3.8) is 0 Å². The summed E-state index contributed by atoms with van der Waals surface area (Å²) >= 11 is 0. The molecule has 6 atom stereocenters. The highest BCUT2D eigenvalue weighted by molar-refractivity contribution is 7.47. The van der Waals surface area contributed by atoms with Gasteiger partial charge in [-0.3, -0.25) is 37.3 Å². The number of phosphoric ester groups is 2. The first kappa shape index (κ1) is 107. The summed E-state index contributed by atoms with van der Waals surface area (Å²) in [7, 11) is -9.94. The molecule has 0 aliphatic heterocycles. The molecule has 0 spiro atoms. The number of unbranched alkanes of at least 4 members (excludes halogenated alkanes) is 55. The Balaban J connectivity index is 5.26. The molecule has 0 aromatic heterocycles. The van der Waals surface area contributed by atoms with Gasteiger partial charge < -0.3 is 33.8 Å². The van der Waals surface area contributed by atoms with Gasteiger partial charge in [0.2, 0.25) is 0 Å². The van der Waals surface area contributed by atoms with Crippen LogP contribution in [0.2, 0.25) is 0 Å². The third-order valence-corrected chi connectivity index (χ3v) is 23.4. The van der Waals surface area contributed by atoms with E-state index in [9.17, 15) is 43.2 Å². The summed E-state index contributed by atoms with van der Waals surface area (Å²) in [5.74, 6) is 0.293. The number of aliphatic hydroxyl groups is 1. The Labute approximate surface area is 670 Å². The van der Waals surface area contributed by atoms with E-state index in [-0.39, 0.29) is 25.7 Å². The molecule has 0 aromatic rings. The first-order valence-corrected chi connectivity index (χ1v) is 49.4. The average molecular weight is 1590 g/mol. The minimum atomic E-state index is -4.97. The van der Waals surface area contributed by atoms with Gasteiger partial charge in [0.05, 0.1) is 26.4 Å². The van der Waals surface area contributed by atoms with Crippen LogP contribution in [-0.4, -0.2) is 96.7 Å². The zero-order valence-corrected chi connectivity index (χ0v) is 73.8.